The molecule has 0 aliphatic heterocycles. The van der Waals surface area contributed by atoms with Crippen LogP contribution in [0.5, 0.6) is 0 Å². The van der Waals surface area contributed by atoms with Gasteiger partial charge in [-0.15, -0.1) is 0 Å². The average molecular weight is 258 g/mol. The second-order valence-electron chi connectivity index (χ2n) is 4.57. The van der Waals surface area contributed by atoms with Crippen LogP contribution < -0.4 is 5.32 Å². The molecule has 0 fully saturated rings. The van der Waals surface area contributed by atoms with Crippen LogP contribution in [0.1, 0.15) is 22.6 Å². The van der Waals surface area contributed by atoms with Gasteiger partial charge >= 0.3 is 0 Å². The van der Waals surface area contributed by atoms with Crippen molar-refractivity contribution in [3.05, 3.63) is 52.9 Å². The molecule has 0 aliphatic rings. The van der Waals surface area contributed by atoms with E-state index in [2.05, 4.69) is 10.5 Å². The molecule has 19 heavy (non-hydrogen) atoms. The van der Waals surface area contributed by atoms with Crippen LogP contribution in [0.4, 0.5) is 0 Å². The van der Waals surface area contributed by atoms with E-state index in [0.29, 0.717) is 13.0 Å². The van der Waals surface area contributed by atoms with Gasteiger partial charge in [0.15, 0.2) is 0 Å². The van der Waals surface area contributed by atoms with E-state index in [1.165, 1.54) is 0 Å². The molecule has 0 unspecified atom stereocenters. The Balaban J connectivity index is 1.79. The quantitative estimate of drug-likeness (QED) is 0.894. The molecule has 1 aromatic heterocycles. The fourth-order valence-electron chi connectivity index (χ4n) is 2.03. The van der Waals surface area contributed by atoms with Crippen molar-refractivity contribution < 1.29 is 9.32 Å². The summed E-state index contributed by atoms with van der Waals surface area (Å²) in [7, 11) is 0. The molecule has 0 saturated carbocycles. The van der Waals surface area contributed by atoms with Crippen molar-refractivity contribution >= 4 is 5.91 Å². The fraction of sp³-hybridized carbons (Fsp3) is 0.333. The van der Waals surface area contributed by atoms with Gasteiger partial charge in [0.1, 0.15) is 5.76 Å². The van der Waals surface area contributed by atoms with E-state index in [9.17, 15) is 4.79 Å². The summed E-state index contributed by atoms with van der Waals surface area (Å²) in [6.07, 6.45) is 1.17. The van der Waals surface area contributed by atoms with E-state index in [1.54, 1.807) is 0 Å². The zero-order valence-corrected chi connectivity index (χ0v) is 11.3. The third-order valence-electron chi connectivity index (χ3n) is 3.09. The summed E-state index contributed by atoms with van der Waals surface area (Å²) < 4.78 is 5.09. The fourth-order valence-corrected chi connectivity index (χ4v) is 2.03. The van der Waals surface area contributed by atoms with Crippen LogP contribution in [0.25, 0.3) is 0 Å². The number of rotatable bonds is 5. The first kappa shape index (κ1) is 13.3. The molecule has 1 aromatic carbocycles. The largest absolute Gasteiger partial charge is 0.361 e. The second kappa shape index (κ2) is 6.18. The summed E-state index contributed by atoms with van der Waals surface area (Å²) in [5, 5.41) is 6.81. The Morgan fingerprint density at radius 2 is 2.00 bits per heavy atom. The first-order valence-corrected chi connectivity index (χ1v) is 6.39. The van der Waals surface area contributed by atoms with Crippen LogP contribution in [0.3, 0.4) is 0 Å². The molecule has 100 valence electrons. The smallest absolute Gasteiger partial charge is 0.224 e. The number of hydrogen-bond acceptors (Lipinski definition) is 3. The minimum absolute atomic E-state index is 0.0398. The number of amides is 1. The maximum atomic E-state index is 11.8. The molecular weight excluding hydrogens is 240 g/mol. The first-order valence-electron chi connectivity index (χ1n) is 6.39. The maximum absolute atomic E-state index is 11.8. The number of carbonyl (C=O) groups is 1. The third kappa shape index (κ3) is 3.68. The van der Waals surface area contributed by atoms with E-state index < -0.39 is 0 Å². The highest BCUT2D eigenvalue weighted by molar-refractivity contribution is 5.78. The van der Waals surface area contributed by atoms with Crippen molar-refractivity contribution in [3.8, 4) is 0 Å². The highest BCUT2D eigenvalue weighted by atomic mass is 16.5. The van der Waals surface area contributed by atoms with Gasteiger partial charge in [-0.25, -0.2) is 0 Å². The Kier molecular flexibility index (Phi) is 4.34. The van der Waals surface area contributed by atoms with E-state index >= 15 is 0 Å². The van der Waals surface area contributed by atoms with Crippen molar-refractivity contribution in [2.45, 2.75) is 26.7 Å². The molecule has 0 bridgehead atoms. The summed E-state index contributed by atoms with van der Waals surface area (Å²) >= 11 is 0. The summed E-state index contributed by atoms with van der Waals surface area (Å²) in [6, 6.07) is 9.72. The first-order chi connectivity index (χ1) is 9.16. The molecule has 4 nitrogen and oxygen atoms in total. The lowest BCUT2D eigenvalue weighted by molar-refractivity contribution is -0.120. The van der Waals surface area contributed by atoms with Gasteiger partial charge in [0.05, 0.1) is 12.1 Å². The molecule has 1 heterocycles. The Morgan fingerprint density at radius 1 is 1.26 bits per heavy atom. The standard InChI is InChI=1S/C15H18N2O2/c1-11-14(12(2)19-17-11)8-9-16-15(18)10-13-6-4-3-5-7-13/h3-7H,8-10H2,1-2H3,(H,16,18). The Labute approximate surface area is 112 Å². The van der Waals surface area contributed by atoms with Crippen LogP contribution in [-0.2, 0) is 17.6 Å². The lowest BCUT2D eigenvalue weighted by Gasteiger charge is -2.05. The van der Waals surface area contributed by atoms with Gasteiger partial charge in [-0.1, -0.05) is 35.5 Å². The predicted molar refractivity (Wildman–Crippen MR) is 72.8 cm³/mol. The van der Waals surface area contributed by atoms with Crippen LogP contribution in [0.2, 0.25) is 0 Å². The topological polar surface area (TPSA) is 55.1 Å². The molecule has 0 spiro atoms. The van der Waals surface area contributed by atoms with Gasteiger partial charge in [-0.2, -0.15) is 0 Å². The molecule has 2 rings (SSSR count). The summed E-state index contributed by atoms with van der Waals surface area (Å²) in [5.41, 5.74) is 3.01. The molecule has 0 saturated heterocycles. The number of carbonyl (C=O) groups excluding carboxylic acids is 1. The van der Waals surface area contributed by atoms with Crippen LogP contribution in [-0.4, -0.2) is 17.6 Å². The molecule has 0 atom stereocenters. The van der Waals surface area contributed by atoms with Gasteiger partial charge in [-0.05, 0) is 25.8 Å². The van der Waals surface area contributed by atoms with Gasteiger partial charge in [0.2, 0.25) is 5.91 Å². The van der Waals surface area contributed by atoms with Gasteiger partial charge in [-0.3, -0.25) is 4.79 Å². The summed E-state index contributed by atoms with van der Waals surface area (Å²) in [4.78, 5) is 11.8. The third-order valence-corrected chi connectivity index (χ3v) is 3.09. The van der Waals surface area contributed by atoms with Crippen molar-refractivity contribution in [2.75, 3.05) is 6.54 Å². The lowest BCUT2D eigenvalue weighted by Crippen LogP contribution is -2.27. The molecule has 1 N–H and O–H groups in total. The molecule has 0 aliphatic carbocycles. The van der Waals surface area contributed by atoms with E-state index in [0.717, 1.165) is 29.0 Å². The van der Waals surface area contributed by atoms with Gasteiger partial charge < -0.3 is 9.84 Å². The molecule has 1 amide bonds. The number of aromatic nitrogens is 1. The summed E-state index contributed by atoms with van der Waals surface area (Å²) in [5.74, 6) is 0.868. The predicted octanol–water partition coefficient (Wildman–Crippen LogP) is 2.19. The zero-order valence-electron chi connectivity index (χ0n) is 11.3. The van der Waals surface area contributed by atoms with Crippen molar-refractivity contribution in [1.29, 1.82) is 0 Å². The number of benzene rings is 1. The molecule has 0 radical (unpaired) electrons. The number of hydrogen-bond donors (Lipinski definition) is 1. The monoisotopic (exact) mass is 258 g/mol. The highest BCUT2D eigenvalue weighted by Gasteiger charge is 2.09. The number of nitrogens with one attached hydrogen (secondary N) is 1. The highest BCUT2D eigenvalue weighted by Crippen LogP contribution is 2.12. The van der Waals surface area contributed by atoms with Crippen molar-refractivity contribution in [2.24, 2.45) is 0 Å². The van der Waals surface area contributed by atoms with E-state index in [-0.39, 0.29) is 5.91 Å². The Bertz CT molecular complexity index is 527. The number of nitrogens with zero attached hydrogens (tertiary/aromatic N) is 1. The Morgan fingerprint density at radius 3 is 2.63 bits per heavy atom. The van der Waals surface area contributed by atoms with E-state index in [4.69, 9.17) is 4.52 Å². The lowest BCUT2D eigenvalue weighted by atomic mass is 10.1. The number of aryl methyl sites for hydroxylation is 2. The van der Waals surface area contributed by atoms with Crippen molar-refractivity contribution in [3.63, 3.8) is 0 Å². The average Bonchev–Trinajstić information content (AvgIpc) is 2.71. The maximum Gasteiger partial charge on any atom is 0.224 e. The molecule has 4 heteroatoms. The Hall–Kier alpha value is -2.10. The van der Waals surface area contributed by atoms with Crippen LogP contribution in [0.15, 0.2) is 34.9 Å². The van der Waals surface area contributed by atoms with E-state index in [1.807, 2.05) is 44.2 Å². The van der Waals surface area contributed by atoms with Crippen molar-refractivity contribution in [1.82, 2.24) is 10.5 Å². The van der Waals surface area contributed by atoms with Gasteiger partial charge in [0.25, 0.3) is 0 Å². The second-order valence-corrected chi connectivity index (χ2v) is 4.57. The van der Waals surface area contributed by atoms with Crippen LogP contribution in [0, 0.1) is 13.8 Å². The zero-order chi connectivity index (χ0) is 13.7. The summed E-state index contributed by atoms with van der Waals surface area (Å²) in [6.45, 7) is 4.41. The minimum Gasteiger partial charge on any atom is -0.361 e. The van der Waals surface area contributed by atoms with Crippen LogP contribution >= 0.6 is 0 Å². The normalized spacial score (nSPS) is 10.4. The molecular formula is C15H18N2O2. The van der Waals surface area contributed by atoms with Gasteiger partial charge in [0, 0.05) is 12.1 Å². The minimum atomic E-state index is 0.0398. The molecule has 2 aromatic rings. The SMILES string of the molecule is Cc1noc(C)c1CCNC(=O)Cc1ccccc1.